The van der Waals surface area contributed by atoms with Gasteiger partial charge >= 0.3 is 0 Å². The van der Waals surface area contributed by atoms with Gasteiger partial charge in [-0.2, -0.15) is 0 Å². The Labute approximate surface area is 169 Å². The fraction of sp³-hybridized carbons (Fsp3) is 0.524. The SMILES string of the molecule is CCN(Cc1cccc2c1C(=O)N(C1CCC(=O)NC1=O)C2=O)CC1CCCN1. The van der Waals surface area contributed by atoms with Crippen LogP contribution in [0, 0.1) is 0 Å². The summed E-state index contributed by atoms with van der Waals surface area (Å²) in [4.78, 5) is 53.1. The first-order valence-electron chi connectivity index (χ1n) is 10.3. The average molecular weight is 398 g/mol. The van der Waals surface area contributed by atoms with E-state index in [-0.39, 0.29) is 18.7 Å². The number of benzene rings is 1. The highest BCUT2D eigenvalue weighted by atomic mass is 16.2. The molecule has 29 heavy (non-hydrogen) atoms. The van der Waals surface area contributed by atoms with Crippen molar-refractivity contribution in [3.8, 4) is 0 Å². The van der Waals surface area contributed by atoms with Crippen molar-refractivity contribution in [2.24, 2.45) is 0 Å². The highest BCUT2D eigenvalue weighted by Crippen LogP contribution is 2.30. The van der Waals surface area contributed by atoms with Crippen molar-refractivity contribution in [3.05, 3.63) is 34.9 Å². The number of rotatable bonds is 6. The third-order valence-corrected chi connectivity index (χ3v) is 6.04. The first-order valence-corrected chi connectivity index (χ1v) is 10.3. The van der Waals surface area contributed by atoms with Gasteiger partial charge in [-0.1, -0.05) is 19.1 Å². The molecule has 0 aliphatic carbocycles. The van der Waals surface area contributed by atoms with E-state index in [1.54, 1.807) is 12.1 Å². The second-order valence-corrected chi connectivity index (χ2v) is 7.91. The van der Waals surface area contributed by atoms with Gasteiger partial charge in [0.15, 0.2) is 0 Å². The Morgan fingerprint density at radius 3 is 2.66 bits per heavy atom. The molecule has 4 amide bonds. The summed E-state index contributed by atoms with van der Waals surface area (Å²) in [5.74, 6) is -1.85. The second kappa shape index (κ2) is 8.04. The second-order valence-electron chi connectivity index (χ2n) is 7.91. The maximum Gasteiger partial charge on any atom is 0.262 e. The van der Waals surface area contributed by atoms with Crippen molar-refractivity contribution in [1.29, 1.82) is 0 Å². The maximum atomic E-state index is 13.2. The van der Waals surface area contributed by atoms with Gasteiger partial charge < -0.3 is 5.32 Å². The molecule has 0 saturated carbocycles. The zero-order chi connectivity index (χ0) is 20.5. The fourth-order valence-electron chi connectivity index (χ4n) is 4.49. The lowest BCUT2D eigenvalue weighted by Gasteiger charge is -2.28. The van der Waals surface area contributed by atoms with Crippen LogP contribution in [0.15, 0.2) is 18.2 Å². The molecule has 3 aliphatic heterocycles. The van der Waals surface area contributed by atoms with Gasteiger partial charge in [0.2, 0.25) is 11.8 Å². The Morgan fingerprint density at radius 1 is 1.14 bits per heavy atom. The van der Waals surface area contributed by atoms with E-state index in [9.17, 15) is 19.2 Å². The van der Waals surface area contributed by atoms with Crippen LogP contribution < -0.4 is 10.6 Å². The highest BCUT2D eigenvalue weighted by Gasteiger charge is 2.45. The molecule has 2 fully saturated rings. The molecule has 0 bridgehead atoms. The van der Waals surface area contributed by atoms with Crippen LogP contribution in [-0.4, -0.2) is 65.1 Å². The van der Waals surface area contributed by atoms with Gasteiger partial charge in [-0.15, -0.1) is 0 Å². The topological polar surface area (TPSA) is 98.8 Å². The van der Waals surface area contributed by atoms with Gasteiger partial charge in [0.1, 0.15) is 6.04 Å². The molecular formula is C21H26N4O4. The summed E-state index contributed by atoms with van der Waals surface area (Å²) in [5, 5.41) is 5.72. The Morgan fingerprint density at radius 2 is 1.97 bits per heavy atom. The molecule has 2 saturated heterocycles. The van der Waals surface area contributed by atoms with Crippen molar-refractivity contribution in [2.45, 2.75) is 51.2 Å². The molecular weight excluding hydrogens is 372 g/mol. The quantitative estimate of drug-likeness (QED) is 0.683. The van der Waals surface area contributed by atoms with E-state index in [2.05, 4.69) is 22.5 Å². The van der Waals surface area contributed by atoms with Crippen molar-refractivity contribution in [2.75, 3.05) is 19.6 Å². The number of likely N-dealkylation sites (N-methyl/N-ethyl adjacent to an activating group) is 1. The summed E-state index contributed by atoms with van der Waals surface area (Å²) in [6.45, 7) is 5.41. The maximum absolute atomic E-state index is 13.2. The first kappa shape index (κ1) is 19.7. The molecule has 0 aromatic heterocycles. The predicted molar refractivity (Wildman–Crippen MR) is 105 cm³/mol. The number of imide groups is 2. The molecule has 0 spiro atoms. The van der Waals surface area contributed by atoms with E-state index in [1.165, 1.54) is 6.42 Å². The summed E-state index contributed by atoms with van der Waals surface area (Å²) in [7, 11) is 0. The van der Waals surface area contributed by atoms with E-state index in [1.807, 2.05) is 6.07 Å². The van der Waals surface area contributed by atoms with Gasteiger partial charge in [-0.25, -0.2) is 0 Å². The minimum Gasteiger partial charge on any atom is -0.313 e. The number of fused-ring (bicyclic) bond motifs is 1. The molecule has 8 nitrogen and oxygen atoms in total. The molecule has 3 heterocycles. The summed E-state index contributed by atoms with van der Waals surface area (Å²) < 4.78 is 0. The van der Waals surface area contributed by atoms with Gasteiger partial charge in [0.25, 0.3) is 11.8 Å². The Bertz CT molecular complexity index is 862. The largest absolute Gasteiger partial charge is 0.313 e. The normalized spacial score (nSPS) is 24.4. The minimum atomic E-state index is -0.932. The van der Waals surface area contributed by atoms with Crippen LogP contribution in [0.3, 0.4) is 0 Å². The lowest BCUT2D eigenvalue weighted by Crippen LogP contribution is -2.54. The molecule has 2 atom stereocenters. The molecule has 8 heteroatoms. The Hall–Kier alpha value is -2.58. The number of nitrogens with zero attached hydrogens (tertiary/aromatic N) is 2. The van der Waals surface area contributed by atoms with Crippen LogP contribution in [0.2, 0.25) is 0 Å². The van der Waals surface area contributed by atoms with Gasteiger partial charge in [0, 0.05) is 25.6 Å². The van der Waals surface area contributed by atoms with E-state index in [0.29, 0.717) is 23.7 Å². The van der Waals surface area contributed by atoms with Crippen LogP contribution in [0.4, 0.5) is 0 Å². The number of carbonyl (C=O) groups excluding carboxylic acids is 4. The van der Waals surface area contributed by atoms with Crippen LogP contribution >= 0.6 is 0 Å². The van der Waals surface area contributed by atoms with E-state index >= 15 is 0 Å². The number of nitrogens with one attached hydrogen (secondary N) is 2. The lowest BCUT2D eigenvalue weighted by molar-refractivity contribution is -0.136. The van der Waals surface area contributed by atoms with Crippen LogP contribution in [0.25, 0.3) is 0 Å². The third-order valence-electron chi connectivity index (χ3n) is 6.04. The number of hydrogen-bond acceptors (Lipinski definition) is 6. The van der Waals surface area contributed by atoms with E-state index in [4.69, 9.17) is 0 Å². The third kappa shape index (κ3) is 3.70. The fourth-order valence-corrected chi connectivity index (χ4v) is 4.49. The van der Waals surface area contributed by atoms with Crippen molar-refractivity contribution in [1.82, 2.24) is 20.4 Å². The summed E-state index contributed by atoms with van der Waals surface area (Å²) in [6, 6.07) is 4.82. The smallest absolute Gasteiger partial charge is 0.262 e. The van der Waals surface area contributed by atoms with Gasteiger partial charge in [-0.05, 0) is 44.0 Å². The predicted octanol–water partition coefficient (Wildman–Crippen LogP) is 0.662. The number of piperidine rings is 1. The lowest BCUT2D eigenvalue weighted by atomic mass is 10.0. The standard InChI is InChI=1S/C21H26N4O4/c1-2-24(12-14-6-4-10-22-14)11-13-5-3-7-15-18(13)21(29)25(20(15)28)16-8-9-17(26)23-19(16)27/h3,5,7,14,16,22H,2,4,6,8-12H2,1H3,(H,23,26,27). The average Bonchev–Trinajstić information content (AvgIpc) is 3.29. The highest BCUT2D eigenvalue weighted by molar-refractivity contribution is 6.24. The molecule has 0 radical (unpaired) electrons. The summed E-state index contributed by atoms with van der Waals surface area (Å²) in [6.07, 6.45) is 2.61. The molecule has 1 aromatic carbocycles. The van der Waals surface area contributed by atoms with Crippen LogP contribution in [0.5, 0.6) is 0 Å². The first-order chi connectivity index (χ1) is 14.0. The van der Waals surface area contributed by atoms with Gasteiger partial charge in [-0.3, -0.25) is 34.3 Å². The summed E-state index contributed by atoms with van der Waals surface area (Å²) >= 11 is 0. The molecule has 3 aliphatic rings. The zero-order valence-electron chi connectivity index (χ0n) is 16.6. The minimum absolute atomic E-state index is 0.120. The molecule has 154 valence electrons. The van der Waals surface area contributed by atoms with Crippen molar-refractivity contribution in [3.63, 3.8) is 0 Å². The van der Waals surface area contributed by atoms with Crippen molar-refractivity contribution < 1.29 is 19.2 Å². The van der Waals surface area contributed by atoms with E-state index in [0.717, 1.165) is 36.5 Å². The van der Waals surface area contributed by atoms with Crippen LogP contribution in [-0.2, 0) is 16.1 Å². The summed E-state index contributed by atoms with van der Waals surface area (Å²) in [5.41, 5.74) is 1.53. The Balaban J connectivity index is 1.57. The van der Waals surface area contributed by atoms with Crippen molar-refractivity contribution >= 4 is 23.6 Å². The number of amides is 4. The molecule has 2 unspecified atom stereocenters. The number of hydrogen-bond donors (Lipinski definition) is 2. The molecule has 2 N–H and O–H groups in total. The number of carbonyl (C=O) groups is 4. The van der Waals surface area contributed by atoms with E-state index < -0.39 is 23.8 Å². The molecule has 4 rings (SSSR count). The zero-order valence-corrected chi connectivity index (χ0v) is 16.6. The monoisotopic (exact) mass is 398 g/mol. The van der Waals surface area contributed by atoms with Crippen LogP contribution in [0.1, 0.15) is 58.9 Å². The Kier molecular flexibility index (Phi) is 5.47. The van der Waals surface area contributed by atoms with Gasteiger partial charge in [0.05, 0.1) is 11.1 Å². The molecule has 1 aromatic rings.